The number of carbonyl (C=O) groups is 1. The van der Waals surface area contributed by atoms with Gasteiger partial charge in [0, 0.05) is 12.6 Å². The van der Waals surface area contributed by atoms with Crippen molar-refractivity contribution >= 4 is 5.91 Å². The van der Waals surface area contributed by atoms with Crippen LogP contribution in [0.25, 0.3) is 0 Å². The first-order chi connectivity index (χ1) is 9.19. The van der Waals surface area contributed by atoms with E-state index >= 15 is 0 Å². The van der Waals surface area contributed by atoms with E-state index in [1.54, 1.807) is 6.07 Å². The van der Waals surface area contributed by atoms with Crippen molar-refractivity contribution in [1.29, 1.82) is 0 Å². The molecule has 2 aromatic rings. The highest BCUT2D eigenvalue weighted by atomic mass is 16.5. The summed E-state index contributed by atoms with van der Waals surface area (Å²) in [7, 11) is 0. The van der Waals surface area contributed by atoms with E-state index < -0.39 is 0 Å². The van der Waals surface area contributed by atoms with Crippen molar-refractivity contribution in [3.05, 3.63) is 47.3 Å². The number of benzene rings is 1. The van der Waals surface area contributed by atoms with E-state index in [4.69, 9.17) is 9.26 Å². The third-order valence-electron chi connectivity index (χ3n) is 2.53. The summed E-state index contributed by atoms with van der Waals surface area (Å²) in [5.41, 5.74) is 1.44. The highest BCUT2D eigenvalue weighted by molar-refractivity contribution is 5.92. The Morgan fingerprint density at radius 1 is 1.37 bits per heavy atom. The summed E-state index contributed by atoms with van der Waals surface area (Å²) in [5, 5.41) is 6.35. The SMILES string of the molecule is CCNC(=O)c1cc(COc2ccc(C)cc2)on1. The van der Waals surface area contributed by atoms with Crippen LogP contribution in [0.1, 0.15) is 28.7 Å². The van der Waals surface area contributed by atoms with E-state index in [0.29, 0.717) is 12.3 Å². The molecule has 0 radical (unpaired) electrons. The van der Waals surface area contributed by atoms with E-state index in [2.05, 4.69) is 10.5 Å². The van der Waals surface area contributed by atoms with Gasteiger partial charge in [0.05, 0.1) is 0 Å². The molecule has 0 aliphatic rings. The van der Waals surface area contributed by atoms with Crippen molar-refractivity contribution in [2.75, 3.05) is 6.54 Å². The Bertz CT molecular complexity index is 546. The van der Waals surface area contributed by atoms with Crippen LogP contribution in [-0.4, -0.2) is 17.6 Å². The minimum Gasteiger partial charge on any atom is -0.486 e. The average molecular weight is 260 g/mol. The molecule has 100 valence electrons. The molecule has 0 saturated carbocycles. The number of nitrogens with one attached hydrogen (secondary N) is 1. The first-order valence-corrected chi connectivity index (χ1v) is 6.12. The fraction of sp³-hybridized carbons (Fsp3) is 0.286. The Hall–Kier alpha value is -2.30. The molecule has 0 bridgehead atoms. The van der Waals surface area contributed by atoms with Gasteiger partial charge in [-0.25, -0.2) is 0 Å². The number of aromatic nitrogens is 1. The number of rotatable bonds is 5. The van der Waals surface area contributed by atoms with Crippen LogP contribution in [-0.2, 0) is 6.61 Å². The number of hydrogen-bond donors (Lipinski definition) is 1. The third kappa shape index (κ3) is 3.58. The van der Waals surface area contributed by atoms with Crippen molar-refractivity contribution in [3.8, 4) is 5.75 Å². The molecule has 5 heteroatoms. The minimum absolute atomic E-state index is 0.243. The number of aryl methyl sites for hydroxylation is 1. The van der Waals surface area contributed by atoms with Crippen molar-refractivity contribution < 1.29 is 14.1 Å². The van der Waals surface area contributed by atoms with Gasteiger partial charge in [0.25, 0.3) is 5.91 Å². The van der Waals surface area contributed by atoms with Gasteiger partial charge in [-0.15, -0.1) is 0 Å². The maximum atomic E-state index is 11.5. The highest BCUT2D eigenvalue weighted by Crippen LogP contribution is 2.14. The smallest absolute Gasteiger partial charge is 0.273 e. The van der Waals surface area contributed by atoms with E-state index in [1.165, 1.54) is 5.56 Å². The van der Waals surface area contributed by atoms with Gasteiger partial charge >= 0.3 is 0 Å². The molecule has 0 atom stereocenters. The molecule has 0 aliphatic carbocycles. The molecule has 5 nitrogen and oxygen atoms in total. The number of ether oxygens (including phenoxy) is 1. The van der Waals surface area contributed by atoms with Crippen LogP contribution < -0.4 is 10.1 Å². The minimum atomic E-state index is -0.243. The summed E-state index contributed by atoms with van der Waals surface area (Å²) < 4.78 is 10.6. The number of amides is 1. The molecule has 1 amide bonds. The Balaban J connectivity index is 1.93. The summed E-state index contributed by atoms with van der Waals surface area (Å²) in [6.07, 6.45) is 0. The summed E-state index contributed by atoms with van der Waals surface area (Å²) in [5.74, 6) is 1.02. The fourth-order valence-corrected chi connectivity index (χ4v) is 1.53. The van der Waals surface area contributed by atoms with Gasteiger partial charge in [-0.3, -0.25) is 4.79 Å². The summed E-state index contributed by atoms with van der Waals surface area (Å²) >= 11 is 0. The average Bonchev–Trinajstić information content (AvgIpc) is 2.87. The molecule has 19 heavy (non-hydrogen) atoms. The summed E-state index contributed by atoms with van der Waals surface area (Å²) in [6, 6.07) is 9.29. The van der Waals surface area contributed by atoms with E-state index in [1.807, 2.05) is 38.1 Å². The van der Waals surface area contributed by atoms with Gasteiger partial charge in [-0.2, -0.15) is 0 Å². The van der Waals surface area contributed by atoms with Crippen LogP contribution in [0.3, 0.4) is 0 Å². The van der Waals surface area contributed by atoms with Gasteiger partial charge in [-0.05, 0) is 26.0 Å². The van der Waals surface area contributed by atoms with Crippen molar-refractivity contribution in [2.24, 2.45) is 0 Å². The summed E-state index contributed by atoms with van der Waals surface area (Å²) in [6.45, 7) is 4.66. The van der Waals surface area contributed by atoms with Crippen LogP contribution in [0.15, 0.2) is 34.9 Å². The predicted molar refractivity (Wildman–Crippen MR) is 70.0 cm³/mol. The van der Waals surface area contributed by atoms with Crippen LogP contribution in [0.4, 0.5) is 0 Å². The Labute approximate surface area is 111 Å². The van der Waals surface area contributed by atoms with Gasteiger partial charge in [0.1, 0.15) is 12.4 Å². The lowest BCUT2D eigenvalue weighted by Crippen LogP contribution is -2.22. The topological polar surface area (TPSA) is 64.4 Å². The van der Waals surface area contributed by atoms with Gasteiger partial charge in [-0.1, -0.05) is 22.9 Å². The zero-order valence-electron chi connectivity index (χ0n) is 11.0. The quantitative estimate of drug-likeness (QED) is 0.896. The lowest BCUT2D eigenvalue weighted by atomic mass is 10.2. The molecule has 0 unspecified atom stereocenters. The zero-order chi connectivity index (χ0) is 13.7. The van der Waals surface area contributed by atoms with Gasteiger partial charge in [0.15, 0.2) is 11.5 Å². The lowest BCUT2D eigenvalue weighted by Gasteiger charge is -2.03. The molecule has 1 aromatic heterocycles. The Morgan fingerprint density at radius 3 is 2.79 bits per heavy atom. The molecule has 0 aliphatic heterocycles. The molecule has 1 aromatic carbocycles. The maximum Gasteiger partial charge on any atom is 0.273 e. The van der Waals surface area contributed by atoms with Gasteiger partial charge < -0.3 is 14.6 Å². The highest BCUT2D eigenvalue weighted by Gasteiger charge is 2.11. The van der Waals surface area contributed by atoms with Gasteiger partial charge in [0.2, 0.25) is 0 Å². The number of nitrogens with zero attached hydrogens (tertiary/aromatic N) is 1. The second-order valence-corrected chi connectivity index (χ2v) is 4.14. The van der Waals surface area contributed by atoms with Crippen LogP contribution in [0.5, 0.6) is 5.75 Å². The fourth-order valence-electron chi connectivity index (χ4n) is 1.53. The molecule has 0 saturated heterocycles. The number of hydrogen-bond acceptors (Lipinski definition) is 4. The van der Waals surface area contributed by atoms with E-state index in [9.17, 15) is 4.79 Å². The zero-order valence-corrected chi connectivity index (χ0v) is 11.0. The lowest BCUT2D eigenvalue weighted by molar-refractivity contribution is 0.0946. The molecular formula is C14H16N2O3. The van der Waals surface area contributed by atoms with Crippen LogP contribution in [0.2, 0.25) is 0 Å². The van der Waals surface area contributed by atoms with Crippen LogP contribution in [0, 0.1) is 6.92 Å². The second kappa shape index (κ2) is 6.04. The first kappa shape index (κ1) is 13.1. The van der Waals surface area contributed by atoms with Crippen molar-refractivity contribution in [3.63, 3.8) is 0 Å². The molecule has 2 rings (SSSR count). The summed E-state index contributed by atoms with van der Waals surface area (Å²) in [4.78, 5) is 11.5. The molecule has 1 N–H and O–H groups in total. The normalized spacial score (nSPS) is 10.2. The van der Waals surface area contributed by atoms with E-state index in [-0.39, 0.29) is 18.2 Å². The van der Waals surface area contributed by atoms with Crippen molar-refractivity contribution in [2.45, 2.75) is 20.5 Å². The Morgan fingerprint density at radius 2 is 2.11 bits per heavy atom. The second-order valence-electron chi connectivity index (χ2n) is 4.14. The van der Waals surface area contributed by atoms with E-state index in [0.717, 1.165) is 5.75 Å². The number of carbonyl (C=O) groups excluding carboxylic acids is 1. The molecular weight excluding hydrogens is 244 g/mol. The largest absolute Gasteiger partial charge is 0.486 e. The standard InChI is InChI=1S/C14H16N2O3/c1-3-15-14(17)13-8-12(19-16-13)9-18-11-6-4-10(2)5-7-11/h4-8H,3,9H2,1-2H3,(H,15,17). The molecule has 0 spiro atoms. The van der Waals surface area contributed by atoms with Crippen LogP contribution >= 0.6 is 0 Å². The molecule has 1 heterocycles. The third-order valence-corrected chi connectivity index (χ3v) is 2.53. The predicted octanol–water partition coefficient (Wildman–Crippen LogP) is 2.31. The molecule has 0 fully saturated rings. The monoisotopic (exact) mass is 260 g/mol. The maximum absolute atomic E-state index is 11.5. The van der Waals surface area contributed by atoms with Crippen molar-refractivity contribution in [1.82, 2.24) is 10.5 Å². The first-order valence-electron chi connectivity index (χ1n) is 6.12. The Kier molecular flexibility index (Phi) is 4.18.